The van der Waals surface area contributed by atoms with Gasteiger partial charge in [0.15, 0.2) is 5.60 Å². The van der Waals surface area contributed by atoms with E-state index in [0.29, 0.717) is 0 Å². The van der Waals surface area contributed by atoms with Crippen molar-refractivity contribution in [3.8, 4) is 0 Å². The molecule has 0 amide bonds. The molecule has 0 heterocycles. The first kappa shape index (κ1) is 14.0. The fourth-order valence-corrected chi connectivity index (χ4v) is 1.61. The Morgan fingerprint density at radius 1 is 1.35 bits per heavy atom. The number of hydrogen-bond donors (Lipinski definition) is 1. The predicted octanol–water partition coefficient (Wildman–Crippen LogP) is 1.28. The minimum absolute atomic E-state index is 0.0423. The van der Waals surface area contributed by atoms with Gasteiger partial charge in [-0.2, -0.15) is 0 Å². The van der Waals surface area contributed by atoms with Crippen molar-refractivity contribution < 1.29 is 25.5 Å². The number of ether oxygens (including phenoxy) is 2. The lowest BCUT2D eigenvalue weighted by Gasteiger charge is -2.31. The SMILES string of the molecule is [3H]C(C)OC(=O)C(O)(CC(=O)OC)CC(C)(C)C. The normalized spacial score (nSPS) is 17.6. The van der Waals surface area contributed by atoms with E-state index in [4.69, 9.17) is 1.37 Å². The van der Waals surface area contributed by atoms with Crippen molar-refractivity contribution in [2.24, 2.45) is 5.41 Å². The smallest absolute Gasteiger partial charge is 0.338 e. The number of hydrogen-bond acceptors (Lipinski definition) is 5. The Kier molecular flexibility index (Phi) is 4.93. The van der Waals surface area contributed by atoms with Gasteiger partial charge in [0.05, 0.1) is 21.5 Å². The zero-order valence-electron chi connectivity index (χ0n) is 12.1. The summed E-state index contributed by atoms with van der Waals surface area (Å²) in [6.07, 6.45) is -0.438. The molecule has 0 aliphatic heterocycles. The maximum Gasteiger partial charge on any atom is 0.338 e. The van der Waals surface area contributed by atoms with Crippen molar-refractivity contribution in [3.63, 3.8) is 0 Å². The fourth-order valence-electron chi connectivity index (χ4n) is 1.61. The highest BCUT2D eigenvalue weighted by molar-refractivity contribution is 5.85. The molecule has 0 aromatic heterocycles. The minimum Gasteiger partial charge on any atom is -0.469 e. The number of carbonyl (C=O) groups excluding carboxylic acids is 2. The van der Waals surface area contributed by atoms with Gasteiger partial charge < -0.3 is 14.6 Å². The fraction of sp³-hybridized carbons (Fsp3) is 0.833. The lowest BCUT2D eigenvalue weighted by atomic mass is 9.80. The van der Waals surface area contributed by atoms with E-state index < -0.39 is 30.5 Å². The van der Waals surface area contributed by atoms with Crippen LogP contribution in [0.2, 0.25) is 0 Å². The van der Waals surface area contributed by atoms with Crippen LogP contribution in [-0.4, -0.2) is 36.3 Å². The number of rotatable bonds is 5. The summed E-state index contributed by atoms with van der Waals surface area (Å²) in [5, 5.41) is 10.3. The van der Waals surface area contributed by atoms with Crippen LogP contribution in [0.25, 0.3) is 0 Å². The van der Waals surface area contributed by atoms with Crippen LogP contribution < -0.4 is 0 Å². The molecule has 100 valence electrons. The highest BCUT2D eigenvalue weighted by Gasteiger charge is 2.43. The Hall–Kier alpha value is -1.10. The van der Waals surface area contributed by atoms with Gasteiger partial charge in [0.25, 0.3) is 0 Å². The third kappa shape index (κ3) is 5.68. The van der Waals surface area contributed by atoms with Gasteiger partial charge in [-0.25, -0.2) is 4.79 Å². The van der Waals surface area contributed by atoms with Crippen LogP contribution in [0, 0.1) is 5.41 Å². The topological polar surface area (TPSA) is 72.8 Å². The molecule has 17 heavy (non-hydrogen) atoms. The van der Waals surface area contributed by atoms with Crippen LogP contribution in [-0.2, 0) is 19.1 Å². The van der Waals surface area contributed by atoms with Gasteiger partial charge in [-0.05, 0) is 18.8 Å². The van der Waals surface area contributed by atoms with Gasteiger partial charge in [-0.15, -0.1) is 0 Å². The van der Waals surface area contributed by atoms with Crippen LogP contribution in [0.15, 0.2) is 0 Å². The zero-order chi connectivity index (χ0) is 14.6. The number of aliphatic hydroxyl groups is 1. The molecule has 0 radical (unpaired) electrons. The van der Waals surface area contributed by atoms with Crippen molar-refractivity contribution in [1.82, 2.24) is 0 Å². The van der Waals surface area contributed by atoms with Crippen molar-refractivity contribution in [1.29, 1.82) is 0 Å². The summed E-state index contributed by atoms with van der Waals surface area (Å²) >= 11 is 0. The van der Waals surface area contributed by atoms with E-state index in [0.717, 1.165) is 0 Å². The largest absolute Gasteiger partial charge is 0.469 e. The summed E-state index contributed by atoms with van der Waals surface area (Å²) in [5.41, 5.74) is -2.34. The van der Waals surface area contributed by atoms with Crippen LogP contribution in [0.1, 0.15) is 41.9 Å². The molecule has 0 aromatic rings. The van der Waals surface area contributed by atoms with Crippen LogP contribution >= 0.6 is 0 Å². The minimum atomic E-state index is -1.96. The van der Waals surface area contributed by atoms with E-state index in [1.54, 1.807) is 0 Å². The summed E-state index contributed by atoms with van der Waals surface area (Å²) in [6, 6.07) is 0. The second-order valence-electron chi connectivity index (χ2n) is 5.16. The standard InChI is InChI=1S/C12H22O5/c1-6-17-10(14)12(15,7-9(13)16-5)8-11(2,3)4/h15H,6-8H2,1-5H3/i6T. The first-order valence-electron chi connectivity index (χ1n) is 6.00. The second-order valence-corrected chi connectivity index (χ2v) is 5.16. The van der Waals surface area contributed by atoms with Crippen molar-refractivity contribution in [3.05, 3.63) is 0 Å². The van der Waals surface area contributed by atoms with Gasteiger partial charge in [0.1, 0.15) is 0 Å². The van der Waals surface area contributed by atoms with Gasteiger partial charge in [-0.3, -0.25) is 4.79 Å². The summed E-state index contributed by atoms with van der Waals surface area (Å²) in [6.45, 7) is 5.74. The lowest BCUT2D eigenvalue weighted by molar-refractivity contribution is -0.174. The van der Waals surface area contributed by atoms with E-state index >= 15 is 0 Å². The van der Waals surface area contributed by atoms with Crippen LogP contribution in [0.5, 0.6) is 0 Å². The Balaban J connectivity index is 5.01. The third-order valence-corrected chi connectivity index (χ3v) is 2.09. The highest BCUT2D eigenvalue weighted by Crippen LogP contribution is 2.31. The predicted molar refractivity (Wildman–Crippen MR) is 62.3 cm³/mol. The maximum absolute atomic E-state index is 11.8. The first-order chi connectivity index (χ1) is 8.00. The molecule has 0 bridgehead atoms. The first-order valence-corrected chi connectivity index (χ1v) is 5.43. The zero-order valence-corrected chi connectivity index (χ0v) is 11.1. The lowest BCUT2D eigenvalue weighted by Crippen LogP contribution is -2.45. The molecule has 0 fully saturated rings. The Labute approximate surface area is 104 Å². The van der Waals surface area contributed by atoms with Gasteiger partial charge in [0, 0.05) is 0 Å². The van der Waals surface area contributed by atoms with E-state index in [1.807, 2.05) is 20.8 Å². The van der Waals surface area contributed by atoms with E-state index in [-0.39, 0.29) is 11.8 Å². The van der Waals surface area contributed by atoms with Gasteiger partial charge >= 0.3 is 11.9 Å². The molecule has 5 heteroatoms. The summed E-state index contributed by atoms with van der Waals surface area (Å²) in [7, 11) is 1.18. The molecule has 0 aliphatic carbocycles. The molecule has 1 N–H and O–H groups in total. The average Bonchev–Trinajstić information content (AvgIpc) is 2.13. The van der Waals surface area contributed by atoms with Crippen molar-refractivity contribution in [2.75, 3.05) is 13.7 Å². The Bertz CT molecular complexity index is 308. The maximum atomic E-state index is 11.8. The van der Waals surface area contributed by atoms with E-state index in [9.17, 15) is 14.7 Å². The summed E-state index contributed by atoms with van der Waals surface area (Å²) in [4.78, 5) is 23.1. The Morgan fingerprint density at radius 3 is 2.24 bits per heavy atom. The molecular formula is C12H22O5. The van der Waals surface area contributed by atoms with Gasteiger partial charge in [0.2, 0.25) is 0 Å². The molecule has 2 atom stereocenters. The van der Waals surface area contributed by atoms with Gasteiger partial charge in [-0.1, -0.05) is 20.8 Å². The highest BCUT2D eigenvalue weighted by atomic mass is 16.6. The molecule has 0 rings (SSSR count). The monoisotopic (exact) mass is 248 g/mol. The molecular weight excluding hydrogens is 224 g/mol. The van der Waals surface area contributed by atoms with E-state index in [2.05, 4.69) is 9.47 Å². The Morgan fingerprint density at radius 2 is 1.88 bits per heavy atom. The third-order valence-electron chi connectivity index (χ3n) is 2.09. The second kappa shape index (κ2) is 6.00. The molecule has 5 nitrogen and oxygen atoms in total. The molecule has 0 saturated carbocycles. The summed E-state index contributed by atoms with van der Waals surface area (Å²) < 4.78 is 16.3. The van der Waals surface area contributed by atoms with Crippen LogP contribution in [0.3, 0.4) is 0 Å². The van der Waals surface area contributed by atoms with Crippen molar-refractivity contribution in [2.45, 2.75) is 46.1 Å². The molecule has 0 aliphatic rings. The molecule has 2 unspecified atom stereocenters. The summed E-state index contributed by atoms with van der Waals surface area (Å²) in [5.74, 6) is -1.67. The molecule has 0 saturated heterocycles. The van der Waals surface area contributed by atoms with Crippen LogP contribution in [0.4, 0.5) is 0 Å². The molecule has 0 spiro atoms. The number of esters is 2. The quantitative estimate of drug-likeness (QED) is 0.742. The average molecular weight is 248 g/mol. The number of methoxy groups -OCH3 is 1. The molecule has 0 aromatic carbocycles. The van der Waals surface area contributed by atoms with E-state index in [1.165, 1.54) is 14.0 Å². The van der Waals surface area contributed by atoms with Crippen molar-refractivity contribution >= 4 is 11.9 Å². The number of carbonyl (C=O) groups is 2.